The third-order valence-electron chi connectivity index (χ3n) is 4.74. The maximum Gasteiger partial charge on any atom is 0.255 e. The van der Waals surface area contributed by atoms with Gasteiger partial charge in [0, 0.05) is 23.7 Å². The van der Waals surface area contributed by atoms with E-state index in [1.807, 2.05) is 48.5 Å². The molecule has 0 bridgehead atoms. The van der Waals surface area contributed by atoms with Crippen molar-refractivity contribution in [3.63, 3.8) is 0 Å². The maximum absolute atomic E-state index is 12.7. The molecule has 0 aliphatic heterocycles. The fraction of sp³-hybridized carbons (Fsp3) is 0.269. The highest BCUT2D eigenvalue weighted by Crippen LogP contribution is 2.27. The van der Waals surface area contributed by atoms with Gasteiger partial charge < -0.3 is 14.8 Å². The van der Waals surface area contributed by atoms with Crippen LogP contribution >= 0.6 is 15.9 Å². The summed E-state index contributed by atoms with van der Waals surface area (Å²) in [5.41, 5.74) is 2.48. The number of hydrogen-bond donors (Lipinski definition) is 1. The first-order chi connectivity index (χ1) is 15.0. The Hall–Kier alpha value is -2.79. The zero-order chi connectivity index (χ0) is 22.1. The van der Waals surface area contributed by atoms with Gasteiger partial charge in [-0.25, -0.2) is 0 Å². The Morgan fingerprint density at radius 1 is 0.935 bits per heavy atom. The third kappa shape index (κ3) is 7.44. The minimum absolute atomic E-state index is 0.184. The van der Waals surface area contributed by atoms with Crippen LogP contribution in [0.5, 0.6) is 11.5 Å². The average molecular weight is 482 g/mol. The van der Waals surface area contributed by atoms with Crippen molar-refractivity contribution < 1.29 is 14.3 Å². The Kier molecular flexibility index (Phi) is 8.53. The van der Waals surface area contributed by atoms with E-state index in [2.05, 4.69) is 47.2 Å². The predicted molar refractivity (Wildman–Crippen MR) is 129 cm³/mol. The molecule has 0 aliphatic rings. The summed E-state index contributed by atoms with van der Waals surface area (Å²) in [4.78, 5) is 12.7. The molecule has 1 N–H and O–H groups in total. The van der Waals surface area contributed by atoms with Crippen molar-refractivity contribution in [2.24, 2.45) is 5.92 Å². The molecule has 0 spiro atoms. The summed E-state index contributed by atoms with van der Waals surface area (Å²) in [6.45, 7) is 5.55. The molecule has 31 heavy (non-hydrogen) atoms. The van der Waals surface area contributed by atoms with Gasteiger partial charge in [-0.2, -0.15) is 0 Å². The van der Waals surface area contributed by atoms with E-state index in [4.69, 9.17) is 9.47 Å². The van der Waals surface area contributed by atoms with Crippen LogP contribution in [0.1, 0.15) is 36.2 Å². The van der Waals surface area contributed by atoms with E-state index in [-0.39, 0.29) is 5.91 Å². The van der Waals surface area contributed by atoms with Crippen molar-refractivity contribution >= 4 is 27.5 Å². The van der Waals surface area contributed by atoms with Gasteiger partial charge in [0.15, 0.2) is 0 Å². The Balaban J connectivity index is 1.55. The number of halogens is 1. The van der Waals surface area contributed by atoms with Crippen molar-refractivity contribution in [3.05, 3.63) is 88.4 Å². The quantitative estimate of drug-likeness (QED) is 0.348. The molecule has 162 valence electrons. The third-order valence-corrected chi connectivity index (χ3v) is 5.36. The van der Waals surface area contributed by atoms with Crippen LogP contribution in [0.3, 0.4) is 0 Å². The standard InChI is InChI=1S/C26H28BrNO3/c1-19(2)13-15-31-25-12-11-21(17-24(25)27)26(29)28-22-9-6-10-23(18-22)30-16-14-20-7-4-3-5-8-20/h3-12,17-19H,13-16H2,1-2H3,(H,28,29). The number of nitrogens with one attached hydrogen (secondary N) is 1. The first-order valence-corrected chi connectivity index (χ1v) is 11.3. The van der Waals surface area contributed by atoms with Crippen LogP contribution in [0, 0.1) is 5.92 Å². The molecule has 4 nitrogen and oxygen atoms in total. The Bertz CT molecular complexity index is 989. The molecule has 1 amide bonds. The molecule has 0 atom stereocenters. The summed E-state index contributed by atoms with van der Waals surface area (Å²) in [6, 6.07) is 23.0. The van der Waals surface area contributed by atoms with Crippen LogP contribution in [0.15, 0.2) is 77.3 Å². The van der Waals surface area contributed by atoms with E-state index in [1.165, 1.54) is 5.56 Å². The lowest BCUT2D eigenvalue weighted by molar-refractivity contribution is 0.102. The second-order valence-electron chi connectivity index (χ2n) is 7.74. The van der Waals surface area contributed by atoms with Gasteiger partial charge in [0.1, 0.15) is 11.5 Å². The number of rotatable bonds is 10. The van der Waals surface area contributed by atoms with Gasteiger partial charge in [-0.15, -0.1) is 0 Å². The molecule has 0 saturated carbocycles. The number of carbonyl (C=O) groups excluding carboxylic acids is 1. The molecular weight excluding hydrogens is 454 g/mol. The molecule has 0 unspecified atom stereocenters. The normalized spacial score (nSPS) is 10.7. The second-order valence-corrected chi connectivity index (χ2v) is 8.60. The van der Waals surface area contributed by atoms with E-state index < -0.39 is 0 Å². The monoisotopic (exact) mass is 481 g/mol. The molecule has 3 aromatic carbocycles. The van der Waals surface area contributed by atoms with Gasteiger partial charge in [0.25, 0.3) is 5.91 Å². The van der Waals surface area contributed by atoms with Crippen LogP contribution in [0.25, 0.3) is 0 Å². The highest BCUT2D eigenvalue weighted by Gasteiger charge is 2.10. The Morgan fingerprint density at radius 2 is 1.74 bits per heavy atom. The van der Waals surface area contributed by atoms with E-state index in [1.54, 1.807) is 12.1 Å². The zero-order valence-corrected chi connectivity index (χ0v) is 19.5. The Morgan fingerprint density at radius 3 is 2.48 bits per heavy atom. The van der Waals surface area contributed by atoms with Crippen molar-refractivity contribution in [1.82, 2.24) is 0 Å². The highest BCUT2D eigenvalue weighted by molar-refractivity contribution is 9.10. The van der Waals surface area contributed by atoms with Gasteiger partial charge in [-0.1, -0.05) is 50.2 Å². The van der Waals surface area contributed by atoms with Gasteiger partial charge >= 0.3 is 0 Å². The summed E-state index contributed by atoms with van der Waals surface area (Å²) in [5.74, 6) is 1.87. The number of carbonyl (C=O) groups is 1. The maximum atomic E-state index is 12.7. The molecule has 0 fully saturated rings. The van der Waals surface area contributed by atoms with Gasteiger partial charge in [0.05, 0.1) is 17.7 Å². The molecular formula is C26H28BrNO3. The minimum Gasteiger partial charge on any atom is -0.493 e. The number of ether oxygens (including phenoxy) is 2. The topological polar surface area (TPSA) is 47.6 Å². The molecule has 3 rings (SSSR count). The fourth-order valence-corrected chi connectivity index (χ4v) is 3.46. The number of benzene rings is 3. The van der Waals surface area contributed by atoms with Crippen molar-refractivity contribution in [2.45, 2.75) is 26.7 Å². The van der Waals surface area contributed by atoms with Crippen molar-refractivity contribution in [3.8, 4) is 11.5 Å². The summed E-state index contributed by atoms with van der Waals surface area (Å²) < 4.78 is 12.4. The van der Waals surface area contributed by atoms with Crippen LogP contribution < -0.4 is 14.8 Å². The molecule has 0 heterocycles. The van der Waals surface area contributed by atoms with Crippen LogP contribution in [-0.4, -0.2) is 19.1 Å². The number of amides is 1. The lowest BCUT2D eigenvalue weighted by Gasteiger charge is -2.12. The molecule has 0 aromatic heterocycles. The first-order valence-electron chi connectivity index (χ1n) is 10.5. The fourth-order valence-electron chi connectivity index (χ4n) is 2.96. The SMILES string of the molecule is CC(C)CCOc1ccc(C(=O)Nc2cccc(OCCc3ccccc3)c2)cc1Br. The van der Waals surface area contributed by atoms with Crippen molar-refractivity contribution in [1.29, 1.82) is 0 Å². The van der Waals surface area contributed by atoms with Gasteiger partial charge in [-0.3, -0.25) is 4.79 Å². The molecule has 3 aromatic rings. The smallest absolute Gasteiger partial charge is 0.255 e. The minimum atomic E-state index is -0.184. The number of anilines is 1. The van der Waals surface area contributed by atoms with Gasteiger partial charge in [0.2, 0.25) is 0 Å². The summed E-state index contributed by atoms with van der Waals surface area (Å²) in [6.07, 6.45) is 1.81. The Labute approximate surface area is 192 Å². The summed E-state index contributed by atoms with van der Waals surface area (Å²) in [5, 5.41) is 2.93. The summed E-state index contributed by atoms with van der Waals surface area (Å²) >= 11 is 3.50. The lowest BCUT2D eigenvalue weighted by atomic mass is 10.1. The molecule has 0 saturated heterocycles. The van der Waals surface area contributed by atoms with E-state index in [0.29, 0.717) is 30.4 Å². The zero-order valence-electron chi connectivity index (χ0n) is 17.9. The largest absolute Gasteiger partial charge is 0.493 e. The van der Waals surface area contributed by atoms with E-state index in [0.717, 1.165) is 28.8 Å². The molecule has 5 heteroatoms. The van der Waals surface area contributed by atoms with Crippen LogP contribution in [0.2, 0.25) is 0 Å². The van der Waals surface area contributed by atoms with E-state index >= 15 is 0 Å². The molecule has 0 aliphatic carbocycles. The van der Waals surface area contributed by atoms with Gasteiger partial charge in [-0.05, 0) is 64.2 Å². The van der Waals surface area contributed by atoms with Crippen LogP contribution in [-0.2, 0) is 6.42 Å². The van der Waals surface area contributed by atoms with E-state index in [9.17, 15) is 4.79 Å². The first kappa shape index (κ1) is 22.9. The average Bonchev–Trinajstić information content (AvgIpc) is 2.75. The van der Waals surface area contributed by atoms with Crippen LogP contribution in [0.4, 0.5) is 5.69 Å². The predicted octanol–water partition coefficient (Wildman–Crippen LogP) is 6.75. The second kappa shape index (κ2) is 11.6. The van der Waals surface area contributed by atoms with Crippen molar-refractivity contribution in [2.75, 3.05) is 18.5 Å². The lowest BCUT2D eigenvalue weighted by Crippen LogP contribution is -2.12. The summed E-state index contributed by atoms with van der Waals surface area (Å²) in [7, 11) is 0. The highest BCUT2D eigenvalue weighted by atomic mass is 79.9. The number of hydrogen-bond acceptors (Lipinski definition) is 3. The molecule has 0 radical (unpaired) electrons.